The van der Waals surface area contributed by atoms with E-state index in [4.69, 9.17) is 16.6 Å². The average Bonchev–Trinajstić information content (AvgIpc) is 3.06. The Morgan fingerprint density at radius 2 is 2.19 bits per heavy atom. The fourth-order valence-electron chi connectivity index (χ4n) is 3.70. The van der Waals surface area contributed by atoms with Crippen molar-refractivity contribution in [3.05, 3.63) is 29.0 Å². The lowest BCUT2D eigenvalue weighted by Crippen LogP contribution is -2.32. The van der Waals surface area contributed by atoms with Crippen LogP contribution in [0.5, 0.6) is 0 Å². The molecule has 114 valence electrons. The first-order chi connectivity index (χ1) is 10.2. The highest BCUT2D eigenvalue weighted by Gasteiger charge is 2.39. The van der Waals surface area contributed by atoms with E-state index in [2.05, 4.69) is 29.8 Å². The van der Waals surface area contributed by atoms with E-state index in [9.17, 15) is 0 Å². The van der Waals surface area contributed by atoms with Crippen molar-refractivity contribution in [1.29, 1.82) is 0 Å². The van der Waals surface area contributed by atoms with E-state index in [1.165, 1.54) is 30.6 Å². The molecule has 0 aliphatic carbocycles. The molecule has 0 amide bonds. The molecule has 21 heavy (non-hydrogen) atoms. The van der Waals surface area contributed by atoms with Gasteiger partial charge in [-0.25, -0.2) is 4.98 Å². The molecule has 1 saturated heterocycles. The number of benzene rings is 1. The van der Waals surface area contributed by atoms with Gasteiger partial charge in [0.1, 0.15) is 5.82 Å². The predicted molar refractivity (Wildman–Crippen MR) is 89.1 cm³/mol. The zero-order valence-corrected chi connectivity index (χ0v) is 13.7. The minimum atomic E-state index is 0.190. The Bertz CT molecular complexity index is 626. The second-order valence-electron chi connectivity index (χ2n) is 6.18. The van der Waals surface area contributed by atoms with E-state index >= 15 is 0 Å². The van der Waals surface area contributed by atoms with E-state index in [-0.39, 0.29) is 5.41 Å². The molecule has 1 atom stereocenters. The summed E-state index contributed by atoms with van der Waals surface area (Å²) in [6.07, 6.45) is 4.69. The topological polar surface area (TPSA) is 29.9 Å². The molecule has 3 rings (SSSR count). The Labute approximate surface area is 131 Å². The number of nitrogens with one attached hydrogen (secondary N) is 1. The van der Waals surface area contributed by atoms with Crippen LogP contribution in [0.15, 0.2) is 18.2 Å². The summed E-state index contributed by atoms with van der Waals surface area (Å²) in [4.78, 5) is 5.00. The van der Waals surface area contributed by atoms with Gasteiger partial charge in [-0.1, -0.05) is 31.9 Å². The van der Waals surface area contributed by atoms with Crippen LogP contribution in [0.1, 0.15) is 45.4 Å². The standard InChI is InChI=1S/C17H24ClN3/c1-3-7-17(8-9-19-12-17)16-20-14-11-13(18)5-6-15(14)21(16)10-4-2/h5-6,11,19H,3-4,7-10,12H2,1-2H3. The third kappa shape index (κ3) is 2.58. The van der Waals surface area contributed by atoms with Crippen LogP contribution < -0.4 is 5.32 Å². The first kappa shape index (κ1) is 14.9. The van der Waals surface area contributed by atoms with Crippen molar-refractivity contribution < 1.29 is 0 Å². The SMILES string of the molecule is CCCn1c(C2(CCC)CCNC2)nc2cc(Cl)ccc21. The summed E-state index contributed by atoms with van der Waals surface area (Å²) in [7, 11) is 0. The monoisotopic (exact) mass is 305 g/mol. The number of hydrogen-bond acceptors (Lipinski definition) is 2. The first-order valence-corrected chi connectivity index (χ1v) is 8.45. The number of rotatable bonds is 5. The molecule has 0 bridgehead atoms. The second-order valence-corrected chi connectivity index (χ2v) is 6.61. The van der Waals surface area contributed by atoms with Gasteiger partial charge in [0.15, 0.2) is 0 Å². The lowest BCUT2D eigenvalue weighted by Gasteiger charge is -2.28. The maximum Gasteiger partial charge on any atom is 0.117 e. The molecule has 1 aromatic heterocycles. The van der Waals surface area contributed by atoms with Crippen LogP contribution in [0.4, 0.5) is 0 Å². The van der Waals surface area contributed by atoms with Crippen LogP contribution in [-0.4, -0.2) is 22.6 Å². The molecule has 0 radical (unpaired) electrons. The number of nitrogens with zero attached hydrogens (tertiary/aromatic N) is 2. The van der Waals surface area contributed by atoms with Crippen LogP contribution in [0.25, 0.3) is 11.0 Å². The molecule has 2 aromatic rings. The number of hydrogen-bond donors (Lipinski definition) is 1. The van der Waals surface area contributed by atoms with Gasteiger partial charge in [-0.3, -0.25) is 0 Å². The van der Waals surface area contributed by atoms with E-state index in [0.29, 0.717) is 0 Å². The van der Waals surface area contributed by atoms with E-state index < -0.39 is 0 Å². The molecule has 1 aliphatic rings. The molecule has 1 aliphatic heterocycles. The minimum absolute atomic E-state index is 0.190. The Kier molecular flexibility index (Phi) is 4.23. The van der Waals surface area contributed by atoms with Gasteiger partial charge >= 0.3 is 0 Å². The fourth-order valence-corrected chi connectivity index (χ4v) is 3.86. The average molecular weight is 306 g/mol. The van der Waals surface area contributed by atoms with Crippen molar-refractivity contribution in [2.75, 3.05) is 13.1 Å². The highest BCUT2D eigenvalue weighted by Crippen LogP contribution is 2.37. The summed E-state index contributed by atoms with van der Waals surface area (Å²) >= 11 is 6.15. The van der Waals surface area contributed by atoms with Crippen LogP contribution in [0, 0.1) is 0 Å². The van der Waals surface area contributed by atoms with E-state index in [1.54, 1.807) is 0 Å². The minimum Gasteiger partial charge on any atom is -0.327 e. The summed E-state index contributed by atoms with van der Waals surface area (Å²) in [6, 6.07) is 6.08. The van der Waals surface area contributed by atoms with Crippen molar-refractivity contribution in [2.45, 2.75) is 51.5 Å². The van der Waals surface area contributed by atoms with Gasteiger partial charge in [-0.15, -0.1) is 0 Å². The molecule has 0 spiro atoms. The van der Waals surface area contributed by atoms with Gasteiger partial charge in [0.25, 0.3) is 0 Å². The largest absolute Gasteiger partial charge is 0.327 e. The van der Waals surface area contributed by atoms with Crippen molar-refractivity contribution in [2.24, 2.45) is 0 Å². The quantitative estimate of drug-likeness (QED) is 0.900. The third-order valence-electron chi connectivity index (χ3n) is 4.60. The highest BCUT2D eigenvalue weighted by atomic mass is 35.5. The van der Waals surface area contributed by atoms with E-state index in [1.807, 2.05) is 12.1 Å². The Hall–Kier alpha value is -1.06. The van der Waals surface area contributed by atoms with Gasteiger partial charge in [0, 0.05) is 23.5 Å². The van der Waals surface area contributed by atoms with E-state index in [0.717, 1.165) is 36.6 Å². The molecular formula is C17H24ClN3. The Morgan fingerprint density at radius 1 is 1.33 bits per heavy atom. The zero-order chi connectivity index (χ0) is 14.9. The second kappa shape index (κ2) is 5.98. The van der Waals surface area contributed by atoms with Gasteiger partial charge in [0.2, 0.25) is 0 Å². The molecule has 1 aromatic carbocycles. The smallest absolute Gasteiger partial charge is 0.117 e. The van der Waals surface area contributed by atoms with Gasteiger partial charge in [-0.05, 0) is 44.0 Å². The van der Waals surface area contributed by atoms with Gasteiger partial charge < -0.3 is 9.88 Å². The third-order valence-corrected chi connectivity index (χ3v) is 4.84. The molecule has 1 unspecified atom stereocenters. The van der Waals surface area contributed by atoms with Crippen molar-refractivity contribution >= 4 is 22.6 Å². The molecule has 0 saturated carbocycles. The number of aryl methyl sites for hydroxylation is 1. The molecule has 4 heteroatoms. The molecule has 3 nitrogen and oxygen atoms in total. The maximum absolute atomic E-state index is 6.15. The summed E-state index contributed by atoms with van der Waals surface area (Å²) in [5.41, 5.74) is 2.45. The summed E-state index contributed by atoms with van der Waals surface area (Å²) < 4.78 is 2.42. The molecule has 2 heterocycles. The zero-order valence-electron chi connectivity index (χ0n) is 13.0. The molecule has 1 N–H and O–H groups in total. The summed E-state index contributed by atoms with van der Waals surface area (Å²) in [6.45, 7) is 7.66. The number of aromatic nitrogens is 2. The number of imidazole rings is 1. The van der Waals surface area contributed by atoms with Crippen molar-refractivity contribution in [3.8, 4) is 0 Å². The maximum atomic E-state index is 6.15. The summed E-state index contributed by atoms with van der Waals surface area (Å²) in [5, 5.41) is 4.31. The van der Waals surface area contributed by atoms with Crippen molar-refractivity contribution in [3.63, 3.8) is 0 Å². The lowest BCUT2D eigenvalue weighted by molar-refractivity contribution is 0.384. The van der Waals surface area contributed by atoms with Gasteiger partial charge in [-0.2, -0.15) is 0 Å². The highest BCUT2D eigenvalue weighted by molar-refractivity contribution is 6.31. The Balaban J connectivity index is 2.17. The van der Waals surface area contributed by atoms with Gasteiger partial charge in [0.05, 0.1) is 11.0 Å². The Morgan fingerprint density at radius 3 is 2.86 bits per heavy atom. The summed E-state index contributed by atoms with van der Waals surface area (Å²) in [5.74, 6) is 1.26. The number of halogens is 1. The van der Waals surface area contributed by atoms with Crippen molar-refractivity contribution in [1.82, 2.24) is 14.9 Å². The normalized spacial score (nSPS) is 22.2. The molecular weight excluding hydrogens is 282 g/mol. The fraction of sp³-hybridized carbons (Fsp3) is 0.588. The van der Waals surface area contributed by atoms with Crippen LogP contribution >= 0.6 is 11.6 Å². The predicted octanol–water partition coefficient (Wildman–Crippen LogP) is 4.13. The first-order valence-electron chi connectivity index (χ1n) is 8.07. The molecule has 1 fully saturated rings. The van der Waals surface area contributed by atoms with Crippen LogP contribution in [0.3, 0.4) is 0 Å². The van der Waals surface area contributed by atoms with Crippen LogP contribution in [-0.2, 0) is 12.0 Å². The van der Waals surface area contributed by atoms with Crippen LogP contribution in [0.2, 0.25) is 5.02 Å². The number of fused-ring (bicyclic) bond motifs is 1. The lowest BCUT2D eigenvalue weighted by atomic mass is 9.81.